The number of hydrogen-bond donors (Lipinski definition) is 1. The van der Waals surface area contributed by atoms with Crippen LogP contribution in [0, 0.1) is 0 Å². The van der Waals surface area contributed by atoms with Crippen LogP contribution < -0.4 is 10.3 Å². The third-order valence-electron chi connectivity index (χ3n) is 3.37. The number of benzene rings is 1. The zero-order chi connectivity index (χ0) is 17.0. The first-order valence-corrected chi connectivity index (χ1v) is 7.13. The summed E-state index contributed by atoms with van der Waals surface area (Å²) in [6.45, 7) is -0.190. The number of aliphatic hydroxyl groups is 1. The van der Waals surface area contributed by atoms with E-state index in [0.29, 0.717) is 5.75 Å². The minimum absolute atomic E-state index is 0.104. The van der Waals surface area contributed by atoms with E-state index >= 15 is 0 Å². The molecule has 1 N–H and O–H groups in total. The number of carbonyl (C=O) groups excluding carboxylic acids is 1. The van der Waals surface area contributed by atoms with Crippen LogP contribution in [0.5, 0.6) is 5.75 Å². The van der Waals surface area contributed by atoms with Crippen LogP contribution in [0.1, 0.15) is 21.5 Å². The van der Waals surface area contributed by atoms with Gasteiger partial charge in [0.25, 0.3) is 5.56 Å². The van der Waals surface area contributed by atoms with Gasteiger partial charge in [0, 0.05) is 11.8 Å². The molecule has 0 spiro atoms. The maximum Gasteiger partial charge on any atom is 0.340 e. The van der Waals surface area contributed by atoms with Crippen molar-refractivity contribution in [3.8, 4) is 5.75 Å². The number of hydrogen-bond acceptors (Lipinski definition) is 5. The molecule has 2 aromatic rings. The van der Waals surface area contributed by atoms with Gasteiger partial charge in [-0.25, -0.2) is 4.79 Å². The Labute approximate surface area is 137 Å². The minimum atomic E-state index is -0.757. The third-order valence-corrected chi connectivity index (χ3v) is 3.72. The number of aromatic nitrogens is 1. The molecule has 2 rings (SSSR count). The SMILES string of the molecule is COC(=O)c1c(CO)cn(Cc2ccc(OC)cc2)c(=O)c1Cl. The van der Waals surface area contributed by atoms with Crippen molar-refractivity contribution < 1.29 is 19.4 Å². The summed E-state index contributed by atoms with van der Waals surface area (Å²) in [5.74, 6) is -0.0519. The Morgan fingerprint density at radius 3 is 2.43 bits per heavy atom. The Kier molecular flexibility index (Phi) is 5.41. The van der Waals surface area contributed by atoms with E-state index in [2.05, 4.69) is 4.74 Å². The predicted octanol–water partition coefficient (Wildman–Crippen LogP) is 1.84. The number of nitrogens with zero attached hydrogens (tertiary/aromatic N) is 1. The third kappa shape index (κ3) is 3.55. The Bertz CT molecular complexity index is 767. The average molecular weight is 338 g/mol. The molecule has 1 heterocycles. The van der Waals surface area contributed by atoms with Gasteiger partial charge in [0.05, 0.1) is 32.9 Å². The Hall–Kier alpha value is -2.31. The predicted molar refractivity (Wildman–Crippen MR) is 85.1 cm³/mol. The van der Waals surface area contributed by atoms with Gasteiger partial charge in [-0.05, 0) is 17.7 Å². The summed E-state index contributed by atoms with van der Waals surface area (Å²) in [7, 11) is 2.75. The standard InChI is InChI=1S/C16H16ClNO5/c1-22-12-5-3-10(4-6-12)7-18-8-11(9-19)13(16(21)23-2)14(17)15(18)20/h3-6,8,19H,7,9H2,1-2H3. The molecule has 0 radical (unpaired) electrons. The summed E-state index contributed by atoms with van der Waals surface area (Å²) in [5.41, 5.74) is 0.446. The number of halogens is 1. The highest BCUT2D eigenvalue weighted by Crippen LogP contribution is 2.19. The van der Waals surface area contributed by atoms with Gasteiger partial charge in [0.15, 0.2) is 0 Å². The summed E-state index contributed by atoms with van der Waals surface area (Å²) < 4.78 is 11.0. The van der Waals surface area contributed by atoms with Crippen molar-refractivity contribution in [1.29, 1.82) is 0 Å². The Morgan fingerprint density at radius 2 is 1.91 bits per heavy atom. The molecular formula is C16H16ClNO5. The van der Waals surface area contributed by atoms with Crippen LogP contribution in [0.4, 0.5) is 0 Å². The largest absolute Gasteiger partial charge is 0.497 e. The van der Waals surface area contributed by atoms with Gasteiger partial charge in [0.1, 0.15) is 10.8 Å². The first-order valence-electron chi connectivity index (χ1n) is 6.75. The Balaban J connectivity index is 2.45. The second kappa shape index (κ2) is 7.30. The lowest BCUT2D eigenvalue weighted by Crippen LogP contribution is -2.25. The normalized spacial score (nSPS) is 10.4. The maximum atomic E-state index is 12.3. The van der Waals surface area contributed by atoms with Crippen molar-refractivity contribution in [2.45, 2.75) is 13.2 Å². The molecule has 0 aliphatic carbocycles. The minimum Gasteiger partial charge on any atom is -0.497 e. The topological polar surface area (TPSA) is 77.8 Å². The van der Waals surface area contributed by atoms with Crippen LogP contribution in [0.25, 0.3) is 0 Å². The molecule has 0 saturated heterocycles. The number of aliphatic hydroxyl groups excluding tert-OH is 1. The summed E-state index contributed by atoms with van der Waals surface area (Å²) in [6, 6.07) is 7.17. The molecule has 0 fully saturated rings. The van der Waals surface area contributed by atoms with E-state index in [0.717, 1.165) is 5.56 Å². The number of methoxy groups -OCH3 is 2. The molecule has 0 bridgehead atoms. The molecule has 0 unspecified atom stereocenters. The van der Waals surface area contributed by atoms with E-state index in [-0.39, 0.29) is 22.7 Å². The Morgan fingerprint density at radius 1 is 1.26 bits per heavy atom. The maximum absolute atomic E-state index is 12.3. The van der Waals surface area contributed by atoms with Crippen LogP contribution >= 0.6 is 11.6 Å². The van der Waals surface area contributed by atoms with Crippen LogP contribution in [0.3, 0.4) is 0 Å². The molecule has 0 aliphatic rings. The average Bonchev–Trinajstić information content (AvgIpc) is 2.58. The summed E-state index contributed by atoms with van der Waals surface area (Å²) in [4.78, 5) is 24.0. The second-order valence-electron chi connectivity index (χ2n) is 4.77. The smallest absolute Gasteiger partial charge is 0.340 e. The summed E-state index contributed by atoms with van der Waals surface area (Å²) >= 11 is 6.00. The summed E-state index contributed by atoms with van der Waals surface area (Å²) in [5, 5.41) is 9.17. The van der Waals surface area contributed by atoms with Gasteiger partial charge in [0.2, 0.25) is 0 Å². The van der Waals surface area contributed by atoms with Crippen molar-refractivity contribution in [2.75, 3.05) is 14.2 Å². The molecule has 0 aliphatic heterocycles. The molecule has 7 heteroatoms. The van der Waals surface area contributed by atoms with Gasteiger partial charge >= 0.3 is 5.97 Å². The lowest BCUT2D eigenvalue weighted by atomic mass is 10.1. The van der Waals surface area contributed by atoms with Crippen LogP contribution in [0.15, 0.2) is 35.3 Å². The van der Waals surface area contributed by atoms with Crippen molar-refractivity contribution in [1.82, 2.24) is 4.57 Å². The number of esters is 1. The molecule has 0 atom stereocenters. The zero-order valence-electron chi connectivity index (χ0n) is 12.7. The van der Waals surface area contributed by atoms with Crippen molar-refractivity contribution in [2.24, 2.45) is 0 Å². The quantitative estimate of drug-likeness (QED) is 0.842. The number of carbonyl (C=O) groups is 1. The van der Waals surface area contributed by atoms with Gasteiger partial charge in [-0.1, -0.05) is 23.7 Å². The van der Waals surface area contributed by atoms with Crippen LogP contribution in [0.2, 0.25) is 5.02 Å². The van der Waals surface area contributed by atoms with Gasteiger partial charge < -0.3 is 19.1 Å². The second-order valence-corrected chi connectivity index (χ2v) is 5.15. The van der Waals surface area contributed by atoms with E-state index < -0.39 is 18.1 Å². The van der Waals surface area contributed by atoms with Gasteiger partial charge in [-0.3, -0.25) is 4.79 Å². The fourth-order valence-electron chi connectivity index (χ4n) is 2.17. The van der Waals surface area contributed by atoms with E-state index in [1.807, 2.05) is 12.1 Å². The summed E-state index contributed by atoms with van der Waals surface area (Å²) in [6.07, 6.45) is 1.41. The van der Waals surface area contributed by atoms with E-state index in [1.165, 1.54) is 17.9 Å². The lowest BCUT2D eigenvalue weighted by molar-refractivity contribution is 0.0597. The molecule has 0 amide bonds. The molecule has 6 nitrogen and oxygen atoms in total. The number of rotatable bonds is 5. The molecule has 122 valence electrons. The highest BCUT2D eigenvalue weighted by atomic mass is 35.5. The van der Waals surface area contributed by atoms with Crippen molar-refractivity contribution >= 4 is 17.6 Å². The molecular weight excluding hydrogens is 322 g/mol. The van der Waals surface area contributed by atoms with Crippen molar-refractivity contribution in [3.05, 3.63) is 62.5 Å². The van der Waals surface area contributed by atoms with Crippen LogP contribution in [-0.4, -0.2) is 29.9 Å². The van der Waals surface area contributed by atoms with Crippen LogP contribution in [-0.2, 0) is 17.9 Å². The zero-order valence-corrected chi connectivity index (χ0v) is 13.5. The fraction of sp³-hybridized carbons (Fsp3) is 0.250. The molecule has 0 saturated carbocycles. The number of ether oxygens (including phenoxy) is 2. The monoisotopic (exact) mass is 337 g/mol. The molecule has 1 aromatic heterocycles. The number of pyridine rings is 1. The fourth-order valence-corrected chi connectivity index (χ4v) is 2.48. The first-order chi connectivity index (χ1) is 11.0. The molecule has 1 aromatic carbocycles. The first kappa shape index (κ1) is 17.1. The highest BCUT2D eigenvalue weighted by molar-refractivity contribution is 6.33. The van der Waals surface area contributed by atoms with E-state index in [9.17, 15) is 14.7 Å². The van der Waals surface area contributed by atoms with E-state index in [4.69, 9.17) is 16.3 Å². The van der Waals surface area contributed by atoms with E-state index in [1.54, 1.807) is 19.2 Å². The lowest BCUT2D eigenvalue weighted by Gasteiger charge is -2.13. The highest BCUT2D eigenvalue weighted by Gasteiger charge is 2.20. The van der Waals surface area contributed by atoms with Gasteiger partial charge in [-0.15, -0.1) is 0 Å². The van der Waals surface area contributed by atoms with Crippen molar-refractivity contribution in [3.63, 3.8) is 0 Å². The van der Waals surface area contributed by atoms with Gasteiger partial charge in [-0.2, -0.15) is 0 Å². The molecule has 23 heavy (non-hydrogen) atoms.